The Balaban J connectivity index is 1.64. The summed E-state index contributed by atoms with van der Waals surface area (Å²) >= 11 is 1.29. The fraction of sp³-hybridized carbons (Fsp3) is 0.167. The standard InChI is InChI=1S/C12H12N8OS/c1-20-10(8-2-4-13-5-3-8)17-19-12(20)22-6-9(21)16-11-14-7-15-18-11/h2-5,7H,6H2,1H3,(H2,14,15,16,18,21). The van der Waals surface area contributed by atoms with Gasteiger partial charge in [-0.15, -0.1) is 10.2 Å². The van der Waals surface area contributed by atoms with Gasteiger partial charge in [-0.05, 0) is 12.1 Å². The van der Waals surface area contributed by atoms with Crippen molar-refractivity contribution in [2.75, 3.05) is 11.1 Å². The first-order valence-corrected chi connectivity index (χ1v) is 7.30. The number of aromatic nitrogens is 7. The molecule has 3 aromatic heterocycles. The lowest BCUT2D eigenvalue weighted by Crippen LogP contribution is -2.15. The Morgan fingerprint density at radius 1 is 1.36 bits per heavy atom. The number of H-pyrrole nitrogens is 1. The van der Waals surface area contributed by atoms with Crippen LogP contribution in [0.4, 0.5) is 5.95 Å². The number of anilines is 1. The zero-order valence-corrected chi connectivity index (χ0v) is 12.4. The second-order valence-electron chi connectivity index (χ2n) is 4.27. The Bertz CT molecular complexity index is 755. The second kappa shape index (κ2) is 6.35. The smallest absolute Gasteiger partial charge is 0.237 e. The van der Waals surface area contributed by atoms with E-state index in [4.69, 9.17) is 0 Å². The molecule has 0 spiro atoms. The Morgan fingerprint density at radius 3 is 2.91 bits per heavy atom. The van der Waals surface area contributed by atoms with E-state index in [2.05, 4.69) is 35.7 Å². The van der Waals surface area contributed by atoms with E-state index in [1.165, 1.54) is 18.1 Å². The first-order valence-electron chi connectivity index (χ1n) is 6.32. The number of rotatable bonds is 5. The predicted molar refractivity (Wildman–Crippen MR) is 80.0 cm³/mol. The van der Waals surface area contributed by atoms with E-state index in [0.717, 1.165) is 11.4 Å². The van der Waals surface area contributed by atoms with Crippen LogP contribution in [-0.2, 0) is 11.8 Å². The summed E-state index contributed by atoms with van der Waals surface area (Å²) in [4.78, 5) is 19.6. The first kappa shape index (κ1) is 14.2. The lowest BCUT2D eigenvalue weighted by molar-refractivity contribution is -0.113. The Hall–Kier alpha value is -2.75. The van der Waals surface area contributed by atoms with Gasteiger partial charge in [0.15, 0.2) is 11.0 Å². The summed E-state index contributed by atoms with van der Waals surface area (Å²) in [6.07, 6.45) is 4.72. The van der Waals surface area contributed by atoms with Crippen molar-refractivity contribution in [3.8, 4) is 11.4 Å². The fourth-order valence-electron chi connectivity index (χ4n) is 1.76. The number of hydrogen-bond donors (Lipinski definition) is 2. The quantitative estimate of drug-likeness (QED) is 0.667. The highest BCUT2D eigenvalue weighted by Gasteiger charge is 2.13. The number of nitrogens with zero attached hydrogens (tertiary/aromatic N) is 6. The fourth-order valence-corrected chi connectivity index (χ4v) is 2.47. The SMILES string of the molecule is Cn1c(SCC(=O)Nc2ncn[nH]2)nnc1-c1ccncc1. The van der Waals surface area contributed by atoms with Crippen molar-refractivity contribution in [1.29, 1.82) is 0 Å². The number of carbonyl (C=O) groups is 1. The molecule has 0 aliphatic rings. The monoisotopic (exact) mass is 316 g/mol. The normalized spacial score (nSPS) is 10.6. The van der Waals surface area contributed by atoms with Gasteiger partial charge in [-0.25, -0.2) is 5.10 Å². The minimum absolute atomic E-state index is 0.197. The Labute approximate surface area is 129 Å². The van der Waals surface area contributed by atoms with E-state index in [-0.39, 0.29) is 11.7 Å². The third-order valence-corrected chi connectivity index (χ3v) is 3.80. The van der Waals surface area contributed by atoms with Crippen LogP contribution >= 0.6 is 11.8 Å². The maximum atomic E-state index is 11.8. The highest BCUT2D eigenvalue weighted by molar-refractivity contribution is 7.99. The summed E-state index contributed by atoms with van der Waals surface area (Å²) in [6, 6.07) is 3.71. The van der Waals surface area contributed by atoms with Crippen molar-refractivity contribution < 1.29 is 4.79 Å². The van der Waals surface area contributed by atoms with Gasteiger partial charge in [0.2, 0.25) is 11.9 Å². The highest BCUT2D eigenvalue weighted by atomic mass is 32.2. The number of thioether (sulfide) groups is 1. The molecule has 112 valence electrons. The maximum Gasteiger partial charge on any atom is 0.237 e. The molecule has 9 nitrogen and oxygen atoms in total. The zero-order chi connectivity index (χ0) is 15.4. The van der Waals surface area contributed by atoms with Crippen LogP contribution in [0.3, 0.4) is 0 Å². The van der Waals surface area contributed by atoms with Gasteiger partial charge >= 0.3 is 0 Å². The summed E-state index contributed by atoms with van der Waals surface area (Å²) < 4.78 is 1.84. The molecule has 0 radical (unpaired) electrons. The van der Waals surface area contributed by atoms with E-state index in [9.17, 15) is 4.79 Å². The number of nitrogens with one attached hydrogen (secondary N) is 2. The van der Waals surface area contributed by atoms with Gasteiger partial charge in [0.05, 0.1) is 5.75 Å². The molecule has 0 saturated heterocycles. The van der Waals surface area contributed by atoms with Crippen LogP contribution in [0.2, 0.25) is 0 Å². The van der Waals surface area contributed by atoms with Gasteiger partial charge in [-0.1, -0.05) is 11.8 Å². The lowest BCUT2D eigenvalue weighted by Gasteiger charge is -2.03. The summed E-state index contributed by atoms with van der Waals surface area (Å²) in [7, 11) is 1.85. The number of amides is 1. The molecular formula is C12H12N8OS. The van der Waals surface area contributed by atoms with Crippen LogP contribution in [0.5, 0.6) is 0 Å². The summed E-state index contributed by atoms with van der Waals surface area (Å²) in [5, 5.41) is 17.7. The van der Waals surface area contributed by atoms with E-state index in [1.807, 2.05) is 23.7 Å². The molecule has 0 aromatic carbocycles. The molecule has 0 saturated carbocycles. The van der Waals surface area contributed by atoms with Crippen molar-refractivity contribution in [3.63, 3.8) is 0 Å². The molecule has 10 heteroatoms. The number of carbonyl (C=O) groups excluding carboxylic acids is 1. The Morgan fingerprint density at radius 2 is 2.18 bits per heavy atom. The van der Waals surface area contributed by atoms with Crippen molar-refractivity contribution in [2.24, 2.45) is 7.05 Å². The first-order chi connectivity index (χ1) is 10.7. The predicted octanol–water partition coefficient (Wildman–Crippen LogP) is 0.726. The summed E-state index contributed by atoms with van der Waals surface area (Å²) in [6.45, 7) is 0. The van der Waals surface area contributed by atoms with Gasteiger partial charge in [0.25, 0.3) is 0 Å². The molecule has 0 fully saturated rings. The molecule has 22 heavy (non-hydrogen) atoms. The van der Waals surface area contributed by atoms with Crippen molar-refractivity contribution >= 4 is 23.6 Å². The molecule has 1 amide bonds. The van der Waals surface area contributed by atoms with E-state index in [0.29, 0.717) is 11.1 Å². The molecular weight excluding hydrogens is 304 g/mol. The average molecular weight is 316 g/mol. The second-order valence-corrected chi connectivity index (χ2v) is 5.21. The van der Waals surface area contributed by atoms with Crippen LogP contribution in [0.25, 0.3) is 11.4 Å². The lowest BCUT2D eigenvalue weighted by atomic mass is 10.2. The summed E-state index contributed by atoms with van der Waals surface area (Å²) in [5.41, 5.74) is 0.919. The maximum absolute atomic E-state index is 11.8. The number of aromatic amines is 1. The molecule has 3 aromatic rings. The molecule has 0 bridgehead atoms. The highest BCUT2D eigenvalue weighted by Crippen LogP contribution is 2.21. The van der Waals surface area contributed by atoms with E-state index < -0.39 is 0 Å². The summed E-state index contributed by atoms with van der Waals surface area (Å²) in [5.74, 6) is 1.04. The van der Waals surface area contributed by atoms with Crippen molar-refractivity contribution in [3.05, 3.63) is 30.9 Å². The third kappa shape index (κ3) is 3.11. The molecule has 3 rings (SSSR count). The van der Waals surface area contributed by atoms with Gasteiger partial charge in [0, 0.05) is 25.0 Å². The van der Waals surface area contributed by atoms with E-state index >= 15 is 0 Å². The Kier molecular flexibility index (Phi) is 4.10. The molecule has 0 aliphatic heterocycles. The van der Waals surface area contributed by atoms with Crippen LogP contribution in [0, 0.1) is 0 Å². The van der Waals surface area contributed by atoms with Crippen LogP contribution in [0.1, 0.15) is 0 Å². The molecule has 0 aliphatic carbocycles. The van der Waals surface area contributed by atoms with Gasteiger partial charge < -0.3 is 4.57 Å². The van der Waals surface area contributed by atoms with Gasteiger partial charge in [-0.2, -0.15) is 10.1 Å². The molecule has 0 unspecified atom stereocenters. The third-order valence-electron chi connectivity index (χ3n) is 2.78. The topological polar surface area (TPSA) is 114 Å². The number of pyridine rings is 1. The minimum Gasteiger partial charge on any atom is -0.305 e. The van der Waals surface area contributed by atoms with Crippen molar-refractivity contribution in [1.82, 2.24) is 34.9 Å². The molecule has 2 N–H and O–H groups in total. The number of hydrogen-bond acceptors (Lipinski definition) is 7. The molecule has 0 atom stereocenters. The largest absolute Gasteiger partial charge is 0.305 e. The van der Waals surface area contributed by atoms with Crippen LogP contribution < -0.4 is 5.32 Å². The van der Waals surface area contributed by atoms with Gasteiger partial charge in [0.1, 0.15) is 6.33 Å². The van der Waals surface area contributed by atoms with Gasteiger partial charge in [-0.3, -0.25) is 15.1 Å². The van der Waals surface area contributed by atoms with E-state index in [1.54, 1.807) is 12.4 Å². The average Bonchev–Trinajstić information content (AvgIpc) is 3.16. The minimum atomic E-state index is -0.199. The van der Waals surface area contributed by atoms with Crippen molar-refractivity contribution in [2.45, 2.75) is 5.16 Å². The molecule has 3 heterocycles. The van der Waals surface area contributed by atoms with Crippen LogP contribution in [-0.4, -0.2) is 46.6 Å². The zero-order valence-electron chi connectivity index (χ0n) is 11.6. The van der Waals surface area contributed by atoms with Crippen LogP contribution in [0.15, 0.2) is 36.0 Å².